The van der Waals surface area contributed by atoms with Crippen molar-refractivity contribution in [3.05, 3.63) is 29.3 Å². The number of ether oxygens (including phenoxy) is 1. The number of hydrogen-bond donors (Lipinski definition) is 0. The Labute approximate surface area is 107 Å². The number of ketones is 1. The van der Waals surface area contributed by atoms with Crippen LogP contribution in [0.1, 0.15) is 29.3 Å². The van der Waals surface area contributed by atoms with Crippen LogP contribution in [0.5, 0.6) is 0 Å². The van der Waals surface area contributed by atoms with Crippen molar-refractivity contribution in [2.45, 2.75) is 20.3 Å². The summed E-state index contributed by atoms with van der Waals surface area (Å²) >= 11 is 0. The van der Waals surface area contributed by atoms with E-state index in [1.807, 2.05) is 30.0 Å². The van der Waals surface area contributed by atoms with E-state index < -0.39 is 0 Å². The Bertz CT molecular complexity index is 482. The molecule has 0 N–H and O–H groups in total. The predicted molar refractivity (Wildman–Crippen MR) is 69.0 cm³/mol. The summed E-state index contributed by atoms with van der Waals surface area (Å²) in [6.07, 6.45) is 0.454. The van der Waals surface area contributed by atoms with Crippen LogP contribution in [0.15, 0.2) is 18.2 Å². The summed E-state index contributed by atoms with van der Waals surface area (Å²) in [6.45, 7) is 4.91. The van der Waals surface area contributed by atoms with E-state index in [-0.39, 0.29) is 18.3 Å². The van der Waals surface area contributed by atoms with Crippen LogP contribution in [-0.4, -0.2) is 31.4 Å². The maximum Gasteiger partial charge on any atom is 0.325 e. The standard InChI is InChI=1S/C14H17NO3/c1-3-18-14(17)9-15-7-6-13(16)11-8-10(2)4-5-12(11)15/h4-5,8H,3,6-7,9H2,1-2H3. The summed E-state index contributed by atoms with van der Waals surface area (Å²) in [7, 11) is 0. The molecule has 0 radical (unpaired) electrons. The highest BCUT2D eigenvalue weighted by Crippen LogP contribution is 2.27. The van der Waals surface area contributed by atoms with E-state index in [2.05, 4.69) is 0 Å². The molecule has 0 saturated carbocycles. The zero-order valence-corrected chi connectivity index (χ0v) is 10.7. The Hall–Kier alpha value is -1.84. The number of esters is 1. The summed E-state index contributed by atoms with van der Waals surface area (Å²) in [5.41, 5.74) is 2.61. The molecule has 0 spiro atoms. The van der Waals surface area contributed by atoms with E-state index in [0.29, 0.717) is 25.1 Å². The van der Waals surface area contributed by atoms with Crippen molar-refractivity contribution in [3.8, 4) is 0 Å². The van der Waals surface area contributed by atoms with E-state index in [4.69, 9.17) is 4.74 Å². The van der Waals surface area contributed by atoms with E-state index in [1.54, 1.807) is 6.92 Å². The second-order valence-electron chi connectivity index (χ2n) is 4.42. The highest BCUT2D eigenvalue weighted by molar-refractivity contribution is 6.04. The number of nitrogens with zero attached hydrogens (tertiary/aromatic N) is 1. The van der Waals surface area contributed by atoms with E-state index in [9.17, 15) is 9.59 Å². The fraction of sp³-hybridized carbons (Fsp3) is 0.429. The fourth-order valence-electron chi connectivity index (χ4n) is 2.17. The van der Waals surface area contributed by atoms with Gasteiger partial charge in [-0.3, -0.25) is 9.59 Å². The lowest BCUT2D eigenvalue weighted by molar-refractivity contribution is -0.141. The molecule has 1 aliphatic heterocycles. The molecule has 0 aliphatic carbocycles. The van der Waals surface area contributed by atoms with Gasteiger partial charge in [0.25, 0.3) is 0 Å². The van der Waals surface area contributed by atoms with Gasteiger partial charge in [0.2, 0.25) is 0 Å². The van der Waals surface area contributed by atoms with Gasteiger partial charge in [-0.2, -0.15) is 0 Å². The van der Waals surface area contributed by atoms with Crippen LogP contribution in [0.4, 0.5) is 5.69 Å². The number of carbonyl (C=O) groups excluding carboxylic acids is 2. The Morgan fingerprint density at radius 1 is 1.44 bits per heavy atom. The largest absolute Gasteiger partial charge is 0.465 e. The number of hydrogen-bond acceptors (Lipinski definition) is 4. The molecule has 1 aromatic carbocycles. The van der Waals surface area contributed by atoms with Crippen LogP contribution in [-0.2, 0) is 9.53 Å². The maximum absolute atomic E-state index is 11.9. The lowest BCUT2D eigenvalue weighted by Gasteiger charge is -2.29. The molecule has 18 heavy (non-hydrogen) atoms. The average molecular weight is 247 g/mol. The average Bonchev–Trinajstić information content (AvgIpc) is 2.33. The Balaban J connectivity index is 2.24. The molecule has 0 amide bonds. The third-order valence-corrected chi connectivity index (χ3v) is 3.03. The number of Topliss-reactive ketones (excluding diaryl/α,β-unsaturated/α-hetero) is 1. The van der Waals surface area contributed by atoms with Crippen molar-refractivity contribution in [2.24, 2.45) is 0 Å². The number of fused-ring (bicyclic) bond motifs is 1. The molecule has 4 nitrogen and oxygen atoms in total. The van der Waals surface area contributed by atoms with Crippen LogP contribution in [0.3, 0.4) is 0 Å². The first-order valence-corrected chi connectivity index (χ1v) is 6.16. The third kappa shape index (κ3) is 2.53. The molecular formula is C14H17NO3. The molecule has 0 atom stereocenters. The van der Waals surface area contributed by atoms with Crippen molar-refractivity contribution in [3.63, 3.8) is 0 Å². The monoisotopic (exact) mass is 247 g/mol. The van der Waals surface area contributed by atoms with Gasteiger partial charge in [0, 0.05) is 24.2 Å². The minimum absolute atomic E-state index is 0.147. The zero-order valence-electron chi connectivity index (χ0n) is 10.7. The lowest BCUT2D eigenvalue weighted by atomic mass is 9.98. The van der Waals surface area contributed by atoms with Crippen LogP contribution in [0, 0.1) is 6.92 Å². The predicted octanol–water partition coefficient (Wildman–Crippen LogP) is 1.95. The summed E-state index contributed by atoms with van der Waals surface area (Å²) < 4.78 is 4.94. The van der Waals surface area contributed by atoms with Crippen molar-refractivity contribution >= 4 is 17.4 Å². The molecule has 1 heterocycles. The zero-order chi connectivity index (χ0) is 13.1. The summed E-state index contributed by atoms with van der Waals surface area (Å²) in [6, 6.07) is 5.74. The minimum atomic E-state index is -0.252. The molecule has 1 aliphatic rings. The number of aryl methyl sites for hydroxylation is 1. The third-order valence-electron chi connectivity index (χ3n) is 3.03. The van der Waals surface area contributed by atoms with Gasteiger partial charge in [0.05, 0.1) is 6.61 Å². The quantitative estimate of drug-likeness (QED) is 0.766. The number of rotatable bonds is 3. The van der Waals surface area contributed by atoms with Crippen molar-refractivity contribution in [1.82, 2.24) is 0 Å². The van der Waals surface area contributed by atoms with Gasteiger partial charge in [0.15, 0.2) is 5.78 Å². The summed E-state index contributed by atoms with van der Waals surface area (Å²) in [4.78, 5) is 25.3. The number of anilines is 1. The van der Waals surface area contributed by atoms with Crippen molar-refractivity contribution < 1.29 is 14.3 Å². The number of carbonyl (C=O) groups is 2. The van der Waals surface area contributed by atoms with Gasteiger partial charge in [0.1, 0.15) is 6.54 Å². The van der Waals surface area contributed by atoms with Crippen molar-refractivity contribution in [1.29, 1.82) is 0 Å². The highest BCUT2D eigenvalue weighted by atomic mass is 16.5. The number of benzene rings is 1. The molecule has 0 fully saturated rings. The normalized spacial score (nSPS) is 14.3. The molecule has 0 unspecified atom stereocenters. The van der Waals surface area contributed by atoms with Gasteiger partial charge in [-0.15, -0.1) is 0 Å². The summed E-state index contributed by atoms with van der Waals surface area (Å²) in [5, 5.41) is 0. The highest BCUT2D eigenvalue weighted by Gasteiger charge is 2.24. The molecule has 0 bridgehead atoms. The summed E-state index contributed by atoms with van der Waals surface area (Å²) in [5.74, 6) is -0.104. The van der Waals surface area contributed by atoms with E-state index >= 15 is 0 Å². The van der Waals surface area contributed by atoms with Gasteiger partial charge in [-0.1, -0.05) is 11.6 Å². The Morgan fingerprint density at radius 2 is 2.22 bits per heavy atom. The molecule has 0 aromatic heterocycles. The van der Waals surface area contributed by atoms with Crippen LogP contribution in [0.25, 0.3) is 0 Å². The Morgan fingerprint density at radius 3 is 2.94 bits per heavy atom. The molecule has 1 aromatic rings. The minimum Gasteiger partial charge on any atom is -0.465 e. The molecule has 2 rings (SSSR count). The topological polar surface area (TPSA) is 46.6 Å². The van der Waals surface area contributed by atoms with Gasteiger partial charge in [-0.25, -0.2) is 0 Å². The van der Waals surface area contributed by atoms with Gasteiger partial charge >= 0.3 is 5.97 Å². The van der Waals surface area contributed by atoms with E-state index in [1.165, 1.54) is 0 Å². The second kappa shape index (κ2) is 5.21. The SMILES string of the molecule is CCOC(=O)CN1CCC(=O)c2cc(C)ccc21. The van der Waals surface area contributed by atoms with E-state index in [0.717, 1.165) is 11.3 Å². The molecular weight excluding hydrogens is 230 g/mol. The van der Waals surface area contributed by atoms with Crippen LogP contribution < -0.4 is 4.90 Å². The second-order valence-corrected chi connectivity index (χ2v) is 4.42. The first kappa shape index (κ1) is 12.6. The maximum atomic E-state index is 11.9. The van der Waals surface area contributed by atoms with Gasteiger partial charge < -0.3 is 9.64 Å². The molecule has 4 heteroatoms. The molecule has 96 valence electrons. The molecule has 0 saturated heterocycles. The fourth-order valence-corrected chi connectivity index (χ4v) is 2.17. The van der Waals surface area contributed by atoms with Crippen LogP contribution >= 0.6 is 0 Å². The Kier molecular flexibility index (Phi) is 3.65. The van der Waals surface area contributed by atoms with Crippen LogP contribution in [0.2, 0.25) is 0 Å². The first-order valence-electron chi connectivity index (χ1n) is 6.16. The first-order chi connectivity index (χ1) is 8.61. The van der Waals surface area contributed by atoms with Crippen molar-refractivity contribution in [2.75, 3.05) is 24.6 Å². The van der Waals surface area contributed by atoms with Gasteiger partial charge in [-0.05, 0) is 26.0 Å². The lowest BCUT2D eigenvalue weighted by Crippen LogP contribution is -2.37. The smallest absolute Gasteiger partial charge is 0.325 e.